The van der Waals surface area contributed by atoms with Crippen LogP contribution in [0.4, 0.5) is 5.69 Å². The molecule has 0 amide bonds. The summed E-state index contributed by atoms with van der Waals surface area (Å²) >= 11 is 0. The molecule has 1 aromatic rings. The molecule has 88 valence electrons. The number of anilines is 1. The van der Waals surface area contributed by atoms with E-state index in [0.717, 1.165) is 12.5 Å². The van der Waals surface area contributed by atoms with Gasteiger partial charge in [-0.25, -0.2) is 0 Å². The number of hydrogen-bond donors (Lipinski definition) is 1. The predicted molar refractivity (Wildman–Crippen MR) is 61.6 cm³/mol. The van der Waals surface area contributed by atoms with Gasteiger partial charge in [0.2, 0.25) is 0 Å². The third-order valence-electron chi connectivity index (χ3n) is 2.54. The van der Waals surface area contributed by atoms with Gasteiger partial charge in [0.05, 0.1) is 13.7 Å². The summed E-state index contributed by atoms with van der Waals surface area (Å²) in [4.78, 5) is 0. The molecule has 1 fully saturated rings. The second-order valence-corrected chi connectivity index (χ2v) is 3.99. The molecule has 0 saturated heterocycles. The van der Waals surface area contributed by atoms with Gasteiger partial charge in [-0.3, -0.25) is 0 Å². The summed E-state index contributed by atoms with van der Waals surface area (Å²) in [6.45, 7) is 1.03. The fraction of sp³-hybridized carbons (Fsp3) is 0.500. The molecule has 0 bridgehead atoms. The molecule has 1 saturated carbocycles. The molecule has 0 radical (unpaired) electrons. The minimum absolute atomic E-state index is 0.246. The Kier molecular flexibility index (Phi) is 3.51. The highest BCUT2D eigenvalue weighted by atomic mass is 16.7. The van der Waals surface area contributed by atoms with Gasteiger partial charge in [-0.1, -0.05) is 0 Å². The van der Waals surface area contributed by atoms with E-state index in [0.29, 0.717) is 17.2 Å². The van der Waals surface area contributed by atoms with Gasteiger partial charge in [-0.2, -0.15) is 0 Å². The zero-order valence-electron chi connectivity index (χ0n) is 9.44. The minimum Gasteiger partial charge on any atom is -0.493 e. The smallest absolute Gasteiger partial charge is 0.189 e. The number of benzene rings is 1. The maximum Gasteiger partial charge on any atom is 0.189 e. The molecule has 1 aliphatic carbocycles. The first-order chi connectivity index (χ1) is 7.79. The molecule has 16 heavy (non-hydrogen) atoms. The number of hydrogen-bond acceptors (Lipinski definition) is 4. The fourth-order valence-electron chi connectivity index (χ4n) is 1.41. The van der Waals surface area contributed by atoms with E-state index in [1.165, 1.54) is 12.8 Å². The zero-order valence-corrected chi connectivity index (χ0v) is 9.44. The Bertz CT molecular complexity index is 350. The van der Waals surface area contributed by atoms with Crippen LogP contribution in [-0.2, 0) is 4.74 Å². The Morgan fingerprint density at radius 1 is 1.31 bits per heavy atom. The Hall–Kier alpha value is -1.42. The largest absolute Gasteiger partial charge is 0.493 e. The monoisotopic (exact) mass is 223 g/mol. The van der Waals surface area contributed by atoms with Crippen LogP contribution < -0.4 is 15.2 Å². The molecular weight excluding hydrogens is 206 g/mol. The second-order valence-electron chi connectivity index (χ2n) is 3.99. The van der Waals surface area contributed by atoms with Gasteiger partial charge in [0, 0.05) is 11.8 Å². The highest BCUT2D eigenvalue weighted by molar-refractivity contribution is 5.51. The second kappa shape index (κ2) is 5.07. The van der Waals surface area contributed by atoms with Crippen molar-refractivity contribution in [2.24, 2.45) is 5.92 Å². The Morgan fingerprint density at radius 2 is 2.12 bits per heavy atom. The summed E-state index contributed by atoms with van der Waals surface area (Å²) in [6, 6.07) is 5.29. The highest BCUT2D eigenvalue weighted by Gasteiger charge is 2.21. The first-order valence-electron chi connectivity index (χ1n) is 5.43. The Morgan fingerprint density at radius 3 is 2.81 bits per heavy atom. The fourth-order valence-corrected chi connectivity index (χ4v) is 1.41. The van der Waals surface area contributed by atoms with Gasteiger partial charge in [0.1, 0.15) is 0 Å². The van der Waals surface area contributed by atoms with Gasteiger partial charge >= 0.3 is 0 Å². The first-order valence-corrected chi connectivity index (χ1v) is 5.43. The molecule has 1 aromatic carbocycles. The maximum atomic E-state index is 5.67. The van der Waals surface area contributed by atoms with Crippen molar-refractivity contribution >= 4 is 5.69 Å². The lowest BCUT2D eigenvalue weighted by atomic mass is 10.3. The van der Waals surface area contributed by atoms with Crippen molar-refractivity contribution in [1.82, 2.24) is 0 Å². The van der Waals surface area contributed by atoms with Gasteiger partial charge in [-0.05, 0) is 30.9 Å². The number of rotatable bonds is 6. The van der Waals surface area contributed by atoms with Crippen LogP contribution in [0.2, 0.25) is 0 Å². The van der Waals surface area contributed by atoms with E-state index in [2.05, 4.69) is 0 Å². The summed E-state index contributed by atoms with van der Waals surface area (Å²) in [7, 11) is 1.60. The maximum absolute atomic E-state index is 5.67. The van der Waals surface area contributed by atoms with Crippen LogP contribution in [0.5, 0.6) is 11.5 Å². The van der Waals surface area contributed by atoms with Crippen molar-refractivity contribution in [3.8, 4) is 11.5 Å². The molecule has 0 aromatic heterocycles. The summed E-state index contributed by atoms with van der Waals surface area (Å²) in [5.41, 5.74) is 6.32. The molecule has 0 aliphatic heterocycles. The summed E-state index contributed by atoms with van der Waals surface area (Å²) in [6.07, 6.45) is 2.56. The van der Waals surface area contributed by atoms with Gasteiger partial charge in [0.15, 0.2) is 18.3 Å². The minimum atomic E-state index is 0.246. The topological polar surface area (TPSA) is 53.7 Å². The molecule has 1 aliphatic rings. The van der Waals surface area contributed by atoms with Crippen LogP contribution >= 0.6 is 0 Å². The quantitative estimate of drug-likeness (QED) is 0.455. The lowest BCUT2D eigenvalue weighted by Crippen LogP contribution is -2.06. The Labute approximate surface area is 95.3 Å². The molecule has 2 N–H and O–H groups in total. The van der Waals surface area contributed by atoms with E-state index in [9.17, 15) is 0 Å². The molecule has 0 heterocycles. The van der Waals surface area contributed by atoms with E-state index < -0.39 is 0 Å². The number of nitrogen functional groups attached to an aromatic ring is 1. The average Bonchev–Trinajstić information content (AvgIpc) is 3.08. The van der Waals surface area contributed by atoms with E-state index in [1.54, 1.807) is 25.3 Å². The van der Waals surface area contributed by atoms with Crippen molar-refractivity contribution in [2.75, 3.05) is 26.2 Å². The van der Waals surface area contributed by atoms with E-state index >= 15 is 0 Å². The number of nitrogens with two attached hydrogens (primary N) is 1. The normalized spacial score (nSPS) is 14.8. The van der Waals surface area contributed by atoms with Crippen molar-refractivity contribution in [1.29, 1.82) is 0 Å². The van der Waals surface area contributed by atoms with Crippen molar-refractivity contribution in [3.63, 3.8) is 0 Å². The third kappa shape index (κ3) is 3.03. The molecular formula is C12H17NO3. The van der Waals surface area contributed by atoms with Crippen LogP contribution in [0.15, 0.2) is 18.2 Å². The molecule has 4 nitrogen and oxygen atoms in total. The number of ether oxygens (including phenoxy) is 3. The van der Waals surface area contributed by atoms with Crippen molar-refractivity contribution in [3.05, 3.63) is 18.2 Å². The van der Waals surface area contributed by atoms with Crippen molar-refractivity contribution < 1.29 is 14.2 Å². The predicted octanol–water partition coefficient (Wildman–Crippen LogP) is 2.04. The Balaban J connectivity index is 1.83. The zero-order chi connectivity index (χ0) is 11.4. The number of methoxy groups -OCH3 is 1. The van der Waals surface area contributed by atoms with Gasteiger partial charge in [-0.15, -0.1) is 0 Å². The standard InChI is InChI=1S/C12H17NO3/c1-14-11-5-4-10(13)6-12(11)16-8-15-7-9-2-3-9/h4-6,9H,2-3,7-8,13H2,1H3. The molecule has 0 atom stereocenters. The van der Waals surface area contributed by atoms with Crippen LogP contribution in [0.25, 0.3) is 0 Å². The summed E-state index contributed by atoms with van der Waals surface area (Å²) < 4.78 is 16.0. The van der Waals surface area contributed by atoms with Crippen LogP contribution in [0.3, 0.4) is 0 Å². The van der Waals surface area contributed by atoms with Crippen LogP contribution in [0, 0.1) is 5.92 Å². The molecule has 2 rings (SSSR count). The van der Waals surface area contributed by atoms with Crippen LogP contribution in [0.1, 0.15) is 12.8 Å². The van der Waals surface area contributed by atoms with Gasteiger partial charge < -0.3 is 19.9 Å². The van der Waals surface area contributed by atoms with E-state index in [-0.39, 0.29) is 6.79 Å². The molecule has 4 heteroatoms. The highest BCUT2D eigenvalue weighted by Crippen LogP contribution is 2.30. The lowest BCUT2D eigenvalue weighted by Gasteiger charge is -2.11. The van der Waals surface area contributed by atoms with Crippen molar-refractivity contribution in [2.45, 2.75) is 12.8 Å². The van der Waals surface area contributed by atoms with Gasteiger partial charge in [0.25, 0.3) is 0 Å². The van der Waals surface area contributed by atoms with E-state index in [4.69, 9.17) is 19.9 Å². The average molecular weight is 223 g/mol. The summed E-state index contributed by atoms with van der Waals surface area (Å²) in [5.74, 6) is 2.04. The van der Waals surface area contributed by atoms with E-state index in [1.807, 2.05) is 0 Å². The summed E-state index contributed by atoms with van der Waals surface area (Å²) in [5, 5.41) is 0. The molecule has 0 spiro atoms. The first kappa shape index (κ1) is 11.1. The molecule has 0 unspecified atom stereocenters. The van der Waals surface area contributed by atoms with Crippen LogP contribution in [-0.4, -0.2) is 20.5 Å². The SMILES string of the molecule is COc1ccc(N)cc1OCOCC1CC1. The third-order valence-corrected chi connectivity index (χ3v) is 2.54. The lowest BCUT2D eigenvalue weighted by molar-refractivity contribution is 0.00870.